The lowest BCUT2D eigenvalue weighted by atomic mass is 9.82. The fourth-order valence-corrected chi connectivity index (χ4v) is 3.60. The zero-order chi connectivity index (χ0) is 19.7. The molecule has 0 radical (unpaired) electrons. The Balaban J connectivity index is 1.95. The molecule has 0 amide bonds. The van der Waals surface area contributed by atoms with E-state index in [-0.39, 0.29) is 10.8 Å². The van der Waals surface area contributed by atoms with Crippen LogP contribution < -0.4 is 4.90 Å². The molecule has 0 saturated heterocycles. The molecule has 0 aliphatic heterocycles. The SMILES string of the molecule is CC(C)(C)C1=CCC(N(c2ccccc2)c2ccc(C(C)(C)C)cc2)C=C1. The number of nitrogens with zero attached hydrogens (tertiary/aromatic N) is 1. The van der Waals surface area contributed by atoms with Crippen molar-refractivity contribution in [1.29, 1.82) is 0 Å². The summed E-state index contributed by atoms with van der Waals surface area (Å²) in [5.74, 6) is 0. The van der Waals surface area contributed by atoms with E-state index in [9.17, 15) is 0 Å². The number of benzene rings is 2. The summed E-state index contributed by atoms with van der Waals surface area (Å²) in [5.41, 5.74) is 5.65. The average Bonchev–Trinajstić information content (AvgIpc) is 2.62. The Morgan fingerprint density at radius 2 is 1.33 bits per heavy atom. The molecule has 142 valence electrons. The van der Waals surface area contributed by atoms with Crippen molar-refractivity contribution in [3.05, 3.63) is 84.0 Å². The van der Waals surface area contributed by atoms with Crippen LogP contribution in [-0.4, -0.2) is 6.04 Å². The van der Waals surface area contributed by atoms with Crippen LogP contribution in [0.1, 0.15) is 53.5 Å². The molecule has 0 heterocycles. The highest BCUT2D eigenvalue weighted by molar-refractivity contribution is 5.66. The van der Waals surface area contributed by atoms with Crippen LogP contribution in [0.25, 0.3) is 0 Å². The average molecular weight is 360 g/mol. The molecule has 1 unspecified atom stereocenters. The summed E-state index contributed by atoms with van der Waals surface area (Å²) in [7, 11) is 0. The first kappa shape index (κ1) is 19.5. The molecule has 0 aromatic heterocycles. The van der Waals surface area contributed by atoms with Gasteiger partial charge in [0.05, 0.1) is 6.04 Å². The third kappa shape index (κ3) is 4.53. The lowest BCUT2D eigenvalue weighted by Gasteiger charge is -2.35. The van der Waals surface area contributed by atoms with Gasteiger partial charge >= 0.3 is 0 Å². The van der Waals surface area contributed by atoms with Crippen LogP contribution in [0.4, 0.5) is 11.4 Å². The Hall–Kier alpha value is -2.28. The summed E-state index contributed by atoms with van der Waals surface area (Å²) in [6, 6.07) is 20.1. The van der Waals surface area contributed by atoms with Crippen molar-refractivity contribution in [2.24, 2.45) is 5.41 Å². The fraction of sp³-hybridized carbons (Fsp3) is 0.385. The molecule has 1 atom stereocenters. The lowest BCUT2D eigenvalue weighted by molar-refractivity contribution is 0.510. The van der Waals surface area contributed by atoms with Crippen molar-refractivity contribution >= 4 is 11.4 Å². The van der Waals surface area contributed by atoms with E-state index < -0.39 is 0 Å². The topological polar surface area (TPSA) is 3.24 Å². The van der Waals surface area contributed by atoms with E-state index in [1.165, 1.54) is 22.5 Å². The minimum atomic E-state index is 0.172. The van der Waals surface area contributed by atoms with Crippen LogP contribution in [0.15, 0.2) is 78.4 Å². The molecule has 0 saturated carbocycles. The van der Waals surface area contributed by atoms with Gasteiger partial charge in [0.25, 0.3) is 0 Å². The first-order chi connectivity index (χ1) is 12.7. The Kier molecular flexibility index (Phi) is 5.33. The van der Waals surface area contributed by atoms with Gasteiger partial charge in [-0.2, -0.15) is 0 Å². The lowest BCUT2D eigenvalue weighted by Crippen LogP contribution is -2.31. The van der Waals surface area contributed by atoms with Crippen LogP contribution >= 0.6 is 0 Å². The van der Waals surface area contributed by atoms with Gasteiger partial charge < -0.3 is 4.90 Å². The van der Waals surface area contributed by atoms with Crippen molar-refractivity contribution in [3.8, 4) is 0 Å². The number of anilines is 2. The summed E-state index contributed by atoms with van der Waals surface area (Å²) in [6.45, 7) is 13.6. The molecule has 2 aromatic rings. The van der Waals surface area contributed by atoms with E-state index in [1.807, 2.05) is 0 Å². The van der Waals surface area contributed by atoms with E-state index in [0.29, 0.717) is 6.04 Å². The second-order valence-corrected chi connectivity index (χ2v) is 9.57. The van der Waals surface area contributed by atoms with E-state index in [4.69, 9.17) is 0 Å². The van der Waals surface area contributed by atoms with Gasteiger partial charge in [0, 0.05) is 11.4 Å². The zero-order valence-electron chi connectivity index (χ0n) is 17.7. The quantitative estimate of drug-likeness (QED) is 0.551. The molecule has 0 fully saturated rings. The van der Waals surface area contributed by atoms with Gasteiger partial charge in [0.15, 0.2) is 0 Å². The van der Waals surface area contributed by atoms with Crippen LogP contribution in [0.2, 0.25) is 0 Å². The second kappa shape index (κ2) is 7.38. The van der Waals surface area contributed by atoms with Gasteiger partial charge in [-0.25, -0.2) is 0 Å². The molecule has 3 rings (SSSR count). The maximum Gasteiger partial charge on any atom is 0.0560 e. The molecular weight excluding hydrogens is 326 g/mol. The van der Waals surface area contributed by atoms with Crippen molar-refractivity contribution in [2.75, 3.05) is 4.90 Å². The van der Waals surface area contributed by atoms with Crippen LogP contribution in [0.5, 0.6) is 0 Å². The molecule has 0 bridgehead atoms. The van der Waals surface area contributed by atoms with Crippen LogP contribution in [0, 0.1) is 5.41 Å². The predicted octanol–water partition coefficient (Wildman–Crippen LogP) is 7.42. The molecule has 1 heteroatoms. The third-order valence-electron chi connectivity index (χ3n) is 5.32. The van der Waals surface area contributed by atoms with Gasteiger partial charge in [0.2, 0.25) is 0 Å². The molecular formula is C26H33N. The van der Waals surface area contributed by atoms with E-state index in [2.05, 4.69) is 119 Å². The predicted molar refractivity (Wildman–Crippen MR) is 119 cm³/mol. The zero-order valence-corrected chi connectivity index (χ0v) is 17.7. The summed E-state index contributed by atoms with van der Waals surface area (Å²) >= 11 is 0. The van der Waals surface area contributed by atoms with Crippen LogP contribution in [-0.2, 0) is 5.41 Å². The van der Waals surface area contributed by atoms with Crippen molar-refractivity contribution in [1.82, 2.24) is 0 Å². The third-order valence-corrected chi connectivity index (χ3v) is 5.32. The first-order valence-electron chi connectivity index (χ1n) is 10.00. The minimum Gasteiger partial charge on any atom is -0.334 e. The molecule has 27 heavy (non-hydrogen) atoms. The monoisotopic (exact) mass is 359 g/mol. The van der Waals surface area contributed by atoms with Crippen molar-refractivity contribution < 1.29 is 0 Å². The molecule has 0 spiro atoms. The highest BCUT2D eigenvalue weighted by atomic mass is 15.2. The van der Waals surface area contributed by atoms with Gasteiger partial charge in [0.1, 0.15) is 0 Å². The summed E-state index contributed by atoms with van der Waals surface area (Å²) < 4.78 is 0. The Labute approximate surface area is 165 Å². The molecule has 1 nitrogen and oxygen atoms in total. The second-order valence-electron chi connectivity index (χ2n) is 9.57. The minimum absolute atomic E-state index is 0.172. The number of hydrogen-bond donors (Lipinski definition) is 0. The highest BCUT2D eigenvalue weighted by Gasteiger charge is 2.24. The Bertz CT molecular complexity index is 811. The van der Waals surface area contributed by atoms with Gasteiger partial charge in [-0.05, 0) is 52.7 Å². The summed E-state index contributed by atoms with van der Waals surface area (Å²) in [4.78, 5) is 2.46. The smallest absolute Gasteiger partial charge is 0.0560 e. The summed E-state index contributed by atoms with van der Waals surface area (Å²) in [5, 5.41) is 0. The number of allylic oxidation sites excluding steroid dienone is 2. The standard InChI is InChI=1S/C26H33N/c1-25(2,3)20-12-16-23(17-13-20)27(22-10-8-7-9-11-22)24-18-14-21(15-19-24)26(4,5)6/h7-18,24H,19H2,1-6H3. The van der Waals surface area contributed by atoms with Gasteiger partial charge in [-0.15, -0.1) is 0 Å². The van der Waals surface area contributed by atoms with Crippen LogP contribution in [0.3, 0.4) is 0 Å². The largest absolute Gasteiger partial charge is 0.334 e. The van der Waals surface area contributed by atoms with Crippen molar-refractivity contribution in [3.63, 3.8) is 0 Å². The number of hydrogen-bond acceptors (Lipinski definition) is 1. The van der Waals surface area contributed by atoms with E-state index in [1.54, 1.807) is 0 Å². The molecule has 0 N–H and O–H groups in total. The first-order valence-corrected chi connectivity index (χ1v) is 10.00. The summed E-state index contributed by atoms with van der Waals surface area (Å²) in [6.07, 6.45) is 8.11. The molecule has 1 aliphatic rings. The number of para-hydroxylation sites is 1. The maximum absolute atomic E-state index is 2.46. The van der Waals surface area contributed by atoms with Gasteiger partial charge in [-0.1, -0.05) is 90.1 Å². The normalized spacial score (nSPS) is 17.6. The fourth-order valence-electron chi connectivity index (χ4n) is 3.60. The maximum atomic E-state index is 2.46. The molecule has 2 aromatic carbocycles. The van der Waals surface area contributed by atoms with E-state index >= 15 is 0 Å². The van der Waals surface area contributed by atoms with Crippen molar-refractivity contribution in [2.45, 2.75) is 59.4 Å². The van der Waals surface area contributed by atoms with E-state index in [0.717, 1.165) is 6.42 Å². The molecule has 1 aliphatic carbocycles. The Morgan fingerprint density at radius 1 is 0.741 bits per heavy atom. The van der Waals surface area contributed by atoms with Gasteiger partial charge in [-0.3, -0.25) is 0 Å². The number of rotatable bonds is 3. The highest BCUT2D eigenvalue weighted by Crippen LogP contribution is 2.35. The Morgan fingerprint density at radius 3 is 1.81 bits per heavy atom.